The molecule has 1 heterocycles. The van der Waals surface area contributed by atoms with Crippen LogP contribution in [0.2, 0.25) is 0 Å². The molecule has 0 radical (unpaired) electrons. The SMILES string of the molecule is CCCCCCN(C(=O)c1cccc(OC)c1)C(C)c1nc2ccccc2c(=O)n1CC. The summed E-state index contributed by atoms with van der Waals surface area (Å²) in [6.07, 6.45) is 4.21. The van der Waals surface area contributed by atoms with Crippen LogP contribution in [-0.2, 0) is 6.54 Å². The van der Waals surface area contributed by atoms with Crippen molar-refractivity contribution in [2.24, 2.45) is 0 Å². The van der Waals surface area contributed by atoms with E-state index in [4.69, 9.17) is 9.72 Å². The number of carbonyl (C=O) groups excluding carboxylic acids is 1. The largest absolute Gasteiger partial charge is 0.497 e. The number of methoxy groups -OCH3 is 1. The Bertz CT molecular complexity index is 1120. The van der Waals surface area contributed by atoms with Gasteiger partial charge in [0.2, 0.25) is 0 Å². The van der Waals surface area contributed by atoms with Gasteiger partial charge in [-0.25, -0.2) is 4.98 Å². The highest BCUT2D eigenvalue weighted by Gasteiger charge is 2.26. The van der Waals surface area contributed by atoms with Crippen LogP contribution in [0.1, 0.15) is 68.7 Å². The fourth-order valence-electron chi connectivity index (χ4n) is 4.05. The van der Waals surface area contributed by atoms with Crippen molar-refractivity contribution < 1.29 is 9.53 Å². The van der Waals surface area contributed by atoms with Crippen molar-refractivity contribution in [3.05, 3.63) is 70.3 Å². The number of fused-ring (bicyclic) bond motifs is 1. The molecule has 0 aliphatic carbocycles. The average molecular weight is 436 g/mol. The summed E-state index contributed by atoms with van der Waals surface area (Å²) in [6.45, 7) is 7.15. The Labute approximate surface area is 189 Å². The Hall–Kier alpha value is -3.15. The molecule has 0 bridgehead atoms. The summed E-state index contributed by atoms with van der Waals surface area (Å²) in [4.78, 5) is 33.4. The molecule has 0 saturated carbocycles. The molecule has 1 atom stereocenters. The van der Waals surface area contributed by atoms with Gasteiger partial charge in [0.25, 0.3) is 11.5 Å². The summed E-state index contributed by atoms with van der Waals surface area (Å²) in [6, 6.07) is 14.2. The first kappa shape index (κ1) is 23.5. The first-order valence-corrected chi connectivity index (χ1v) is 11.5. The van der Waals surface area contributed by atoms with Crippen LogP contribution in [-0.4, -0.2) is 34.0 Å². The number of carbonyl (C=O) groups is 1. The van der Waals surface area contributed by atoms with Crippen molar-refractivity contribution in [3.8, 4) is 5.75 Å². The van der Waals surface area contributed by atoms with E-state index in [0.717, 1.165) is 25.7 Å². The van der Waals surface area contributed by atoms with Crippen LogP contribution in [0.15, 0.2) is 53.3 Å². The number of unbranched alkanes of at least 4 members (excludes halogenated alkanes) is 3. The standard InChI is InChI=1S/C26H33N3O3/c1-5-7-8-11-17-29(25(30)20-13-12-14-21(18-20)32-4)19(3)24-27-23-16-10-9-15-22(23)26(31)28(24)6-2/h9-10,12-16,18-19H,5-8,11,17H2,1-4H3. The molecular formula is C26H33N3O3. The van der Waals surface area contributed by atoms with Gasteiger partial charge in [0, 0.05) is 18.7 Å². The van der Waals surface area contributed by atoms with E-state index in [1.54, 1.807) is 29.9 Å². The normalized spacial score (nSPS) is 12.0. The van der Waals surface area contributed by atoms with Crippen LogP contribution >= 0.6 is 0 Å². The quantitative estimate of drug-likeness (QED) is 0.410. The van der Waals surface area contributed by atoms with Gasteiger partial charge in [-0.15, -0.1) is 0 Å². The molecule has 6 heteroatoms. The van der Waals surface area contributed by atoms with Crippen molar-refractivity contribution in [3.63, 3.8) is 0 Å². The zero-order chi connectivity index (χ0) is 23.1. The monoisotopic (exact) mass is 435 g/mol. The van der Waals surface area contributed by atoms with Crippen molar-refractivity contribution >= 4 is 16.8 Å². The second-order valence-electron chi connectivity index (χ2n) is 8.00. The summed E-state index contributed by atoms with van der Waals surface area (Å²) in [5, 5.41) is 0.596. The van der Waals surface area contributed by atoms with Crippen LogP contribution < -0.4 is 10.3 Å². The van der Waals surface area contributed by atoms with E-state index >= 15 is 0 Å². The third-order valence-corrected chi connectivity index (χ3v) is 5.88. The molecule has 0 saturated heterocycles. The number of amides is 1. The van der Waals surface area contributed by atoms with Gasteiger partial charge in [-0.1, -0.05) is 44.4 Å². The number of ether oxygens (including phenoxy) is 1. The highest BCUT2D eigenvalue weighted by atomic mass is 16.5. The lowest BCUT2D eigenvalue weighted by atomic mass is 10.1. The van der Waals surface area contributed by atoms with Gasteiger partial charge in [-0.05, 0) is 50.6 Å². The number of hydrogen-bond acceptors (Lipinski definition) is 4. The lowest BCUT2D eigenvalue weighted by molar-refractivity contribution is 0.0674. The van der Waals surface area contributed by atoms with Crippen molar-refractivity contribution in [2.75, 3.05) is 13.7 Å². The van der Waals surface area contributed by atoms with Crippen molar-refractivity contribution in [1.29, 1.82) is 0 Å². The minimum absolute atomic E-state index is 0.0697. The first-order chi connectivity index (χ1) is 15.5. The van der Waals surface area contributed by atoms with Gasteiger partial charge in [-0.3, -0.25) is 14.2 Å². The molecule has 32 heavy (non-hydrogen) atoms. The van der Waals surface area contributed by atoms with Gasteiger partial charge in [-0.2, -0.15) is 0 Å². The highest BCUT2D eigenvalue weighted by Crippen LogP contribution is 2.24. The Morgan fingerprint density at radius 2 is 1.88 bits per heavy atom. The van der Waals surface area contributed by atoms with E-state index in [0.29, 0.717) is 41.1 Å². The topological polar surface area (TPSA) is 64.4 Å². The fourth-order valence-corrected chi connectivity index (χ4v) is 4.05. The second-order valence-corrected chi connectivity index (χ2v) is 8.00. The number of para-hydroxylation sites is 1. The van der Waals surface area contributed by atoms with E-state index in [1.165, 1.54) is 0 Å². The number of benzene rings is 2. The molecule has 3 rings (SSSR count). The smallest absolute Gasteiger partial charge is 0.261 e. The van der Waals surface area contributed by atoms with Crippen LogP contribution in [0.4, 0.5) is 0 Å². The van der Waals surface area contributed by atoms with Crippen LogP contribution in [0.25, 0.3) is 10.9 Å². The van der Waals surface area contributed by atoms with Crippen molar-refractivity contribution in [1.82, 2.24) is 14.5 Å². The lowest BCUT2D eigenvalue weighted by Gasteiger charge is -2.30. The molecule has 0 spiro atoms. The average Bonchev–Trinajstić information content (AvgIpc) is 2.83. The molecule has 0 aliphatic heterocycles. The van der Waals surface area contributed by atoms with Crippen molar-refractivity contribution in [2.45, 2.75) is 59.0 Å². The third kappa shape index (κ3) is 5.01. The fraction of sp³-hybridized carbons (Fsp3) is 0.423. The Morgan fingerprint density at radius 3 is 2.59 bits per heavy atom. The lowest BCUT2D eigenvalue weighted by Crippen LogP contribution is -2.38. The summed E-state index contributed by atoms with van der Waals surface area (Å²) < 4.78 is 7.00. The Kier molecular flexibility index (Phi) is 8.03. The molecule has 170 valence electrons. The molecule has 3 aromatic rings. The molecule has 0 aliphatic rings. The summed E-state index contributed by atoms with van der Waals surface area (Å²) >= 11 is 0. The van der Waals surface area contributed by atoms with Gasteiger partial charge in [0.05, 0.1) is 24.1 Å². The van der Waals surface area contributed by atoms with Gasteiger partial charge < -0.3 is 9.64 Å². The van der Waals surface area contributed by atoms with E-state index in [1.807, 2.05) is 49.1 Å². The Morgan fingerprint density at radius 1 is 1.09 bits per heavy atom. The van der Waals surface area contributed by atoms with E-state index < -0.39 is 0 Å². The molecule has 1 amide bonds. The van der Waals surface area contributed by atoms with Crippen LogP contribution in [0.3, 0.4) is 0 Å². The zero-order valence-corrected chi connectivity index (χ0v) is 19.5. The predicted molar refractivity (Wildman–Crippen MR) is 128 cm³/mol. The zero-order valence-electron chi connectivity index (χ0n) is 19.5. The number of hydrogen-bond donors (Lipinski definition) is 0. The number of rotatable bonds is 10. The maximum Gasteiger partial charge on any atom is 0.261 e. The second kappa shape index (κ2) is 10.9. The molecule has 6 nitrogen and oxygen atoms in total. The third-order valence-electron chi connectivity index (χ3n) is 5.88. The van der Waals surface area contributed by atoms with Crippen LogP contribution in [0, 0.1) is 0 Å². The van der Waals surface area contributed by atoms with Gasteiger partial charge >= 0.3 is 0 Å². The van der Waals surface area contributed by atoms with Gasteiger partial charge in [0.1, 0.15) is 11.6 Å². The number of aromatic nitrogens is 2. The van der Waals surface area contributed by atoms with Crippen LogP contribution in [0.5, 0.6) is 5.75 Å². The van der Waals surface area contributed by atoms with E-state index in [-0.39, 0.29) is 17.5 Å². The maximum absolute atomic E-state index is 13.6. The summed E-state index contributed by atoms with van der Waals surface area (Å²) in [7, 11) is 1.59. The summed E-state index contributed by atoms with van der Waals surface area (Å²) in [5.74, 6) is 1.17. The van der Waals surface area contributed by atoms with E-state index in [2.05, 4.69) is 6.92 Å². The molecule has 0 fully saturated rings. The first-order valence-electron chi connectivity index (χ1n) is 11.5. The van der Waals surface area contributed by atoms with E-state index in [9.17, 15) is 9.59 Å². The minimum Gasteiger partial charge on any atom is -0.497 e. The highest BCUT2D eigenvalue weighted by molar-refractivity contribution is 5.95. The summed E-state index contributed by atoms with van der Waals surface area (Å²) in [5.41, 5.74) is 1.15. The maximum atomic E-state index is 13.6. The number of nitrogens with zero attached hydrogens (tertiary/aromatic N) is 3. The predicted octanol–water partition coefficient (Wildman–Crippen LogP) is 5.21. The minimum atomic E-state index is -0.354. The molecule has 2 aromatic carbocycles. The van der Waals surface area contributed by atoms with Gasteiger partial charge in [0.15, 0.2) is 0 Å². The molecule has 0 N–H and O–H groups in total. The molecular weight excluding hydrogens is 402 g/mol. The molecule has 1 unspecified atom stereocenters. The molecule has 1 aromatic heterocycles. The Balaban J connectivity index is 2.03.